The Balaban J connectivity index is 1.40. The molecule has 1 aromatic carbocycles. The van der Waals surface area contributed by atoms with Crippen LogP contribution in [0.1, 0.15) is 25.7 Å². The minimum atomic E-state index is -0.474. The number of aromatic nitrogens is 2. The number of benzene rings is 1. The van der Waals surface area contributed by atoms with Crippen molar-refractivity contribution < 1.29 is 13.6 Å². The molecule has 0 radical (unpaired) electrons. The molecular weight excluding hydrogens is 352 g/mol. The molecular formula is C19H23F2N5O. The second kappa shape index (κ2) is 8.04. The third kappa shape index (κ3) is 4.10. The molecule has 4 rings (SSSR count). The van der Waals surface area contributed by atoms with Crippen molar-refractivity contribution in [1.82, 2.24) is 14.9 Å². The molecule has 144 valence electrons. The summed E-state index contributed by atoms with van der Waals surface area (Å²) in [6, 6.07) is 2.48. The van der Waals surface area contributed by atoms with Crippen molar-refractivity contribution in [1.29, 1.82) is 0 Å². The summed E-state index contributed by atoms with van der Waals surface area (Å²) in [5, 5.41) is 7.60. The van der Waals surface area contributed by atoms with E-state index in [1.54, 1.807) is 6.20 Å². The molecule has 2 fully saturated rings. The standard InChI is InChI=1S/C19H23F2N5O/c20-16-12-19(26-10-7-23-13-26)17(21)11-18(16)25-8-3-14(4-9-25)24-27-15-1-5-22-6-2-15/h7,10-13,15,22H,1-6,8-9H2. The fourth-order valence-corrected chi connectivity index (χ4v) is 3.51. The van der Waals surface area contributed by atoms with E-state index in [1.165, 1.54) is 29.2 Å². The van der Waals surface area contributed by atoms with Crippen molar-refractivity contribution in [2.45, 2.75) is 31.8 Å². The van der Waals surface area contributed by atoms with Crippen LogP contribution in [0.25, 0.3) is 5.69 Å². The summed E-state index contributed by atoms with van der Waals surface area (Å²) in [4.78, 5) is 11.4. The van der Waals surface area contributed by atoms with Gasteiger partial charge in [0.25, 0.3) is 0 Å². The summed E-state index contributed by atoms with van der Waals surface area (Å²) in [5.41, 5.74) is 1.43. The zero-order valence-corrected chi connectivity index (χ0v) is 15.1. The fourth-order valence-electron chi connectivity index (χ4n) is 3.51. The SMILES string of the molecule is Fc1cc(-n2ccnc2)c(F)cc1N1CCC(=NOC2CCNCC2)CC1. The van der Waals surface area contributed by atoms with Crippen LogP contribution in [0.3, 0.4) is 0 Å². The highest BCUT2D eigenvalue weighted by atomic mass is 19.1. The lowest BCUT2D eigenvalue weighted by Gasteiger charge is -2.30. The summed E-state index contributed by atoms with van der Waals surface area (Å²) >= 11 is 0. The first-order valence-corrected chi connectivity index (χ1v) is 9.35. The van der Waals surface area contributed by atoms with Gasteiger partial charge in [-0.2, -0.15) is 0 Å². The maximum absolute atomic E-state index is 14.6. The summed E-state index contributed by atoms with van der Waals surface area (Å²) in [6.07, 6.45) is 8.06. The van der Waals surface area contributed by atoms with Crippen molar-refractivity contribution in [3.8, 4) is 5.69 Å². The van der Waals surface area contributed by atoms with Gasteiger partial charge in [0.15, 0.2) is 0 Å². The Morgan fingerprint density at radius 3 is 2.48 bits per heavy atom. The smallest absolute Gasteiger partial charge is 0.149 e. The van der Waals surface area contributed by atoms with Crippen LogP contribution in [0, 0.1) is 11.6 Å². The van der Waals surface area contributed by atoms with Gasteiger partial charge in [0, 0.05) is 50.5 Å². The van der Waals surface area contributed by atoms with Gasteiger partial charge in [-0.25, -0.2) is 13.8 Å². The van der Waals surface area contributed by atoms with Gasteiger partial charge in [-0.3, -0.25) is 0 Å². The molecule has 0 amide bonds. The van der Waals surface area contributed by atoms with Crippen LogP contribution in [-0.4, -0.2) is 47.5 Å². The first-order valence-electron chi connectivity index (χ1n) is 9.35. The average Bonchev–Trinajstić information content (AvgIpc) is 3.24. The minimum absolute atomic E-state index is 0.156. The maximum Gasteiger partial charge on any atom is 0.149 e. The van der Waals surface area contributed by atoms with Gasteiger partial charge < -0.3 is 19.6 Å². The Kier molecular flexibility index (Phi) is 5.33. The number of nitrogens with one attached hydrogen (secondary N) is 1. The Morgan fingerprint density at radius 1 is 1.07 bits per heavy atom. The maximum atomic E-state index is 14.6. The van der Waals surface area contributed by atoms with Crippen molar-refractivity contribution in [3.05, 3.63) is 42.5 Å². The topological polar surface area (TPSA) is 54.7 Å². The zero-order chi connectivity index (χ0) is 18.6. The van der Waals surface area contributed by atoms with E-state index in [0.29, 0.717) is 25.9 Å². The number of rotatable bonds is 4. The number of hydrogen-bond acceptors (Lipinski definition) is 5. The van der Waals surface area contributed by atoms with E-state index in [9.17, 15) is 8.78 Å². The highest BCUT2D eigenvalue weighted by Crippen LogP contribution is 2.27. The molecule has 1 N–H and O–H groups in total. The molecule has 2 aromatic rings. The van der Waals surface area contributed by atoms with Gasteiger partial charge in [-0.15, -0.1) is 0 Å². The second-order valence-corrected chi connectivity index (χ2v) is 6.92. The molecule has 3 heterocycles. The molecule has 0 spiro atoms. The fraction of sp³-hybridized carbons (Fsp3) is 0.474. The molecule has 0 saturated carbocycles. The van der Waals surface area contributed by atoms with Gasteiger partial charge in [-0.05, 0) is 25.9 Å². The van der Waals surface area contributed by atoms with Gasteiger partial charge >= 0.3 is 0 Å². The number of nitrogens with zero attached hydrogens (tertiary/aromatic N) is 4. The van der Waals surface area contributed by atoms with E-state index in [2.05, 4.69) is 15.5 Å². The van der Waals surface area contributed by atoms with Crippen molar-refractivity contribution in [3.63, 3.8) is 0 Å². The number of imidazole rings is 1. The largest absolute Gasteiger partial charge is 0.392 e. The Labute approximate surface area is 156 Å². The summed E-state index contributed by atoms with van der Waals surface area (Å²) in [7, 11) is 0. The molecule has 27 heavy (non-hydrogen) atoms. The van der Waals surface area contributed by atoms with E-state index in [4.69, 9.17) is 4.84 Å². The van der Waals surface area contributed by atoms with E-state index in [-0.39, 0.29) is 17.5 Å². The van der Waals surface area contributed by atoms with Crippen LogP contribution in [0.15, 0.2) is 36.0 Å². The Hall–Kier alpha value is -2.48. The van der Waals surface area contributed by atoms with E-state index in [0.717, 1.165) is 31.6 Å². The minimum Gasteiger partial charge on any atom is -0.392 e. The van der Waals surface area contributed by atoms with Crippen LogP contribution in [0.4, 0.5) is 14.5 Å². The third-order valence-electron chi connectivity index (χ3n) is 5.10. The van der Waals surface area contributed by atoms with Crippen LogP contribution in [-0.2, 0) is 4.84 Å². The third-order valence-corrected chi connectivity index (χ3v) is 5.10. The molecule has 0 unspecified atom stereocenters. The van der Waals surface area contributed by atoms with Crippen LogP contribution < -0.4 is 10.2 Å². The number of anilines is 1. The Bertz CT molecular complexity index is 793. The molecule has 0 bridgehead atoms. The highest BCUT2D eigenvalue weighted by Gasteiger charge is 2.22. The van der Waals surface area contributed by atoms with Gasteiger partial charge in [0.2, 0.25) is 0 Å². The number of piperidine rings is 2. The summed E-state index contributed by atoms with van der Waals surface area (Å²) in [5.74, 6) is -0.912. The summed E-state index contributed by atoms with van der Waals surface area (Å²) < 4.78 is 30.5. The van der Waals surface area contributed by atoms with E-state index in [1.807, 2.05) is 4.90 Å². The Morgan fingerprint density at radius 2 is 1.78 bits per heavy atom. The quantitative estimate of drug-likeness (QED) is 0.835. The van der Waals surface area contributed by atoms with Crippen LogP contribution in [0.2, 0.25) is 0 Å². The molecule has 6 nitrogen and oxygen atoms in total. The lowest BCUT2D eigenvalue weighted by atomic mass is 10.1. The van der Waals surface area contributed by atoms with Gasteiger partial charge in [0.1, 0.15) is 17.7 Å². The van der Waals surface area contributed by atoms with Crippen LogP contribution >= 0.6 is 0 Å². The predicted octanol–water partition coefficient (Wildman–Crippen LogP) is 2.88. The van der Waals surface area contributed by atoms with E-state index >= 15 is 0 Å². The average molecular weight is 375 g/mol. The molecule has 2 aliphatic rings. The molecule has 2 saturated heterocycles. The normalized spacial score (nSPS) is 18.6. The molecule has 8 heteroatoms. The monoisotopic (exact) mass is 375 g/mol. The molecule has 0 aliphatic carbocycles. The van der Waals surface area contributed by atoms with Crippen molar-refractivity contribution in [2.75, 3.05) is 31.1 Å². The van der Waals surface area contributed by atoms with Crippen LogP contribution in [0.5, 0.6) is 0 Å². The van der Waals surface area contributed by atoms with Gasteiger partial charge in [-0.1, -0.05) is 5.16 Å². The molecule has 1 aromatic heterocycles. The van der Waals surface area contributed by atoms with Gasteiger partial charge in [0.05, 0.1) is 23.4 Å². The predicted molar refractivity (Wildman–Crippen MR) is 99.3 cm³/mol. The number of halogens is 2. The molecule has 0 atom stereocenters. The first kappa shape index (κ1) is 17.9. The highest BCUT2D eigenvalue weighted by molar-refractivity contribution is 5.86. The lowest BCUT2D eigenvalue weighted by Crippen LogP contribution is -2.35. The molecule has 2 aliphatic heterocycles. The lowest BCUT2D eigenvalue weighted by molar-refractivity contribution is 0.0368. The van der Waals surface area contributed by atoms with E-state index < -0.39 is 11.6 Å². The van der Waals surface area contributed by atoms with Crippen molar-refractivity contribution in [2.24, 2.45) is 5.16 Å². The first-order chi connectivity index (χ1) is 13.2. The number of oxime groups is 1. The summed E-state index contributed by atoms with van der Waals surface area (Å²) in [6.45, 7) is 3.11. The zero-order valence-electron chi connectivity index (χ0n) is 15.1. The second-order valence-electron chi connectivity index (χ2n) is 6.92. The van der Waals surface area contributed by atoms with Crippen molar-refractivity contribution >= 4 is 11.4 Å². The number of hydrogen-bond donors (Lipinski definition) is 1.